The predicted octanol–water partition coefficient (Wildman–Crippen LogP) is 2.74. The van der Waals surface area contributed by atoms with E-state index in [0.29, 0.717) is 33.4 Å². The lowest BCUT2D eigenvalue weighted by atomic mass is 10.2. The van der Waals surface area contributed by atoms with Crippen LogP contribution in [0.25, 0.3) is 10.2 Å². The van der Waals surface area contributed by atoms with Crippen LogP contribution >= 0.6 is 23.1 Å². The number of hydrogen-bond acceptors (Lipinski definition) is 7. The molecule has 1 amide bonds. The molecule has 1 aliphatic rings. The van der Waals surface area contributed by atoms with Crippen LogP contribution < -0.4 is 20.3 Å². The number of aryl methyl sites for hydroxylation is 2. The van der Waals surface area contributed by atoms with Gasteiger partial charge >= 0.3 is 0 Å². The Hall–Kier alpha value is -2.52. The maximum Gasteiger partial charge on any atom is 0.260 e. The number of ether oxygens (including phenoxy) is 2. The highest BCUT2D eigenvalue weighted by atomic mass is 32.2. The molecule has 0 spiro atoms. The minimum absolute atomic E-state index is 0.140. The summed E-state index contributed by atoms with van der Waals surface area (Å²) in [4.78, 5) is 33.4. The quantitative estimate of drug-likeness (QED) is 0.503. The Morgan fingerprint density at radius 3 is 3.00 bits per heavy atom. The van der Waals surface area contributed by atoms with Crippen molar-refractivity contribution in [3.8, 4) is 11.5 Å². The van der Waals surface area contributed by atoms with Crippen molar-refractivity contribution in [3.63, 3.8) is 0 Å². The molecule has 0 atom stereocenters. The molecule has 140 valence electrons. The molecule has 0 aliphatic carbocycles. The van der Waals surface area contributed by atoms with Crippen molar-refractivity contribution in [2.45, 2.75) is 25.5 Å². The first kappa shape index (κ1) is 17.9. The number of thioether (sulfide) groups is 1. The van der Waals surface area contributed by atoms with Crippen LogP contribution in [0.15, 0.2) is 28.2 Å². The normalized spacial score (nSPS) is 12.5. The lowest BCUT2D eigenvalue weighted by Gasteiger charge is -2.06. The fourth-order valence-corrected chi connectivity index (χ4v) is 4.52. The van der Waals surface area contributed by atoms with Gasteiger partial charge in [0.25, 0.3) is 5.56 Å². The van der Waals surface area contributed by atoms with Gasteiger partial charge in [-0.3, -0.25) is 9.59 Å². The largest absolute Gasteiger partial charge is 0.454 e. The number of benzene rings is 1. The van der Waals surface area contributed by atoms with Crippen LogP contribution in [0.5, 0.6) is 11.5 Å². The summed E-state index contributed by atoms with van der Waals surface area (Å²) in [5.74, 6) is 1.43. The molecule has 3 heterocycles. The highest BCUT2D eigenvalue weighted by Gasteiger charge is 2.15. The lowest BCUT2D eigenvalue weighted by Crippen LogP contribution is -2.24. The van der Waals surface area contributed by atoms with Gasteiger partial charge in [-0.05, 0) is 37.1 Å². The van der Waals surface area contributed by atoms with Gasteiger partial charge in [0.15, 0.2) is 16.7 Å². The van der Waals surface area contributed by atoms with Crippen molar-refractivity contribution in [2.24, 2.45) is 0 Å². The monoisotopic (exact) mass is 403 g/mol. The van der Waals surface area contributed by atoms with Crippen molar-refractivity contribution in [1.82, 2.24) is 15.3 Å². The smallest absolute Gasteiger partial charge is 0.260 e. The number of carbonyl (C=O) groups is 1. The average molecular weight is 403 g/mol. The number of rotatable bonds is 5. The van der Waals surface area contributed by atoms with Crippen LogP contribution in [-0.2, 0) is 11.3 Å². The van der Waals surface area contributed by atoms with E-state index in [1.165, 1.54) is 23.1 Å². The molecular weight excluding hydrogens is 386 g/mol. The Balaban J connectivity index is 1.36. The number of H-pyrrole nitrogens is 1. The molecule has 0 radical (unpaired) electrons. The Labute approximate surface area is 163 Å². The van der Waals surface area contributed by atoms with Gasteiger partial charge in [-0.15, -0.1) is 11.3 Å². The summed E-state index contributed by atoms with van der Waals surface area (Å²) in [6.07, 6.45) is 0. The summed E-state index contributed by atoms with van der Waals surface area (Å²) < 4.78 is 10.6. The highest BCUT2D eigenvalue weighted by molar-refractivity contribution is 7.99. The van der Waals surface area contributed by atoms with Gasteiger partial charge in [0.1, 0.15) is 4.83 Å². The first-order valence-electron chi connectivity index (χ1n) is 8.29. The Morgan fingerprint density at radius 1 is 1.33 bits per heavy atom. The zero-order chi connectivity index (χ0) is 19.0. The van der Waals surface area contributed by atoms with E-state index in [9.17, 15) is 9.59 Å². The number of fused-ring (bicyclic) bond motifs is 2. The molecule has 0 fully saturated rings. The summed E-state index contributed by atoms with van der Waals surface area (Å²) in [7, 11) is 0. The van der Waals surface area contributed by atoms with Gasteiger partial charge in [0.05, 0.1) is 11.1 Å². The minimum atomic E-state index is -0.162. The molecule has 1 aliphatic heterocycles. The van der Waals surface area contributed by atoms with Crippen LogP contribution in [0.2, 0.25) is 0 Å². The van der Waals surface area contributed by atoms with Crippen LogP contribution in [0.4, 0.5) is 0 Å². The lowest BCUT2D eigenvalue weighted by molar-refractivity contribution is -0.118. The number of nitrogens with zero attached hydrogens (tertiary/aromatic N) is 1. The second-order valence-electron chi connectivity index (χ2n) is 6.09. The molecule has 0 bridgehead atoms. The number of amides is 1. The molecule has 0 unspecified atom stereocenters. The van der Waals surface area contributed by atoms with Crippen molar-refractivity contribution in [2.75, 3.05) is 12.5 Å². The SMILES string of the molecule is Cc1sc2nc(SCC(=O)NCc3ccc4c(c3)OCO4)[nH]c(=O)c2c1C. The molecule has 2 aromatic heterocycles. The van der Waals surface area contributed by atoms with Gasteiger partial charge in [-0.1, -0.05) is 17.8 Å². The molecule has 3 aromatic rings. The molecule has 2 N–H and O–H groups in total. The number of carbonyl (C=O) groups excluding carboxylic acids is 1. The molecule has 27 heavy (non-hydrogen) atoms. The van der Waals surface area contributed by atoms with E-state index >= 15 is 0 Å². The maximum absolute atomic E-state index is 12.3. The second-order valence-corrected chi connectivity index (χ2v) is 8.25. The van der Waals surface area contributed by atoms with Gasteiger partial charge in [0, 0.05) is 11.4 Å². The summed E-state index contributed by atoms with van der Waals surface area (Å²) >= 11 is 2.70. The van der Waals surface area contributed by atoms with Gasteiger partial charge in [-0.2, -0.15) is 0 Å². The highest BCUT2D eigenvalue weighted by Crippen LogP contribution is 2.32. The van der Waals surface area contributed by atoms with Gasteiger partial charge in [0.2, 0.25) is 12.7 Å². The second kappa shape index (κ2) is 7.24. The number of hydrogen-bond donors (Lipinski definition) is 2. The summed E-state index contributed by atoms with van der Waals surface area (Å²) in [5, 5.41) is 3.94. The van der Waals surface area contributed by atoms with Crippen LogP contribution in [0.3, 0.4) is 0 Å². The summed E-state index contributed by atoms with van der Waals surface area (Å²) in [6.45, 7) is 4.50. The third-order valence-electron chi connectivity index (χ3n) is 4.28. The first-order valence-corrected chi connectivity index (χ1v) is 10.1. The average Bonchev–Trinajstić information content (AvgIpc) is 3.22. The third-order valence-corrected chi connectivity index (χ3v) is 6.26. The fraction of sp³-hybridized carbons (Fsp3) is 0.278. The zero-order valence-corrected chi connectivity index (χ0v) is 16.4. The van der Waals surface area contributed by atoms with Crippen LogP contribution in [0.1, 0.15) is 16.0 Å². The fourth-order valence-electron chi connectivity index (χ4n) is 2.74. The topological polar surface area (TPSA) is 93.3 Å². The number of nitrogens with one attached hydrogen (secondary N) is 2. The van der Waals surface area contributed by atoms with E-state index in [2.05, 4.69) is 15.3 Å². The van der Waals surface area contributed by atoms with Crippen molar-refractivity contribution in [3.05, 3.63) is 44.6 Å². The minimum Gasteiger partial charge on any atom is -0.454 e. The van der Waals surface area contributed by atoms with Crippen LogP contribution in [-0.4, -0.2) is 28.4 Å². The van der Waals surface area contributed by atoms with Crippen molar-refractivity contribution < 1.29 is 14.3 Å². The van der Waals surface area contributed by atoms with Crippen molar-refractivity contribution in [1.29, 1.82) is 0 Å². The van der Waals surface area contributed by atoms with Crippen molar-refractivity contribution >= 4 is 39.2 Å². The molecule has 7 nitrogen and oxygen atoms in total. The first-order chi connectivity index (χ1) is 13.0. The maximum atomic E-state index is 12.3. The molecule has 4 rings (SSSR count). The van der Waals surface area contributed by atoms with E-state index in [1.807, 2.05) is 32.0 Å². The van der Waals surface area contributed by atoms with E-state index in [-0.39, 0.29) is 24.0 Å². The Kier molecular flexibility index (Phi) is 4.79. The standard InChI is InChI=1S/C18H17N3O4S2/c1-9-10(2)27-17-15(9)16(23)20-18(21-17)26-7-14(22)19-6-11-3-4-12-13(5-11)25-8-24-12/h3-5H,6-8H2,1-2H3,(H,19,22)(H,20,21,23). The zero-order valence-electron chi connectivity index (χ0n) is 14.8. The molecule has 0 saturated carbocycles. The van der Waals surface area contributed by atoms with Crippen LogP contribution in [0, 0.1) is 13.8 Å². The number of aromatic nitrogens is 2. The summed E-state index contributed by atoms with van der Waals surface area (Å²) in [6, 6.07) is 5.56. The van der Waals surface area contributed by atoms with E-state index < -0.39 is 0 Å². The van der Waals surface area contributed by atoms with E-state index in [4.69, 9.17) is 9.47 Å². The Morgan fingerprint density at radius 2 is 2.15 bits per heavy atom. The number of thiophene rings is 1. The molecular formula is C18H17N3O4S2. The summed E-state index contributed by atoms with van der Waals surface area (Å²) in [5.41, 5.74) is 1.72. The number of aromatic amines is 1. The predicted molar refractivity (Wildman–Crippen MR) is 105 cm³/mol. The third kappa shape index (κ3) is 3.65. The van der Waals surface area contributed by atoms with E-state index in [0.717, 1.165) is 16.0 Å². The van der Waals surface area contributed by atoms with Gasteiger partial charge in [-0.25, -0.2) is 4.98 Å². The molecule has 0 saturated heterocycles. The van der Waals surface area contributed by atoms with E-state index in [1.54, 1.807) is 0 Å². The molecule has 9 heteroatoms. The Bertz CT molecular complexity index is 1090. The molecule has 1 aromatic carbocycles. The van der Waals surface area contributed by atoms with Gasteiger partial charge < -0.3 is 19.8 Å².